The molecule has 1 unspecified atom stereocenters. The molecule has 0 spiro atoms. The topological polar surface area (TPSA) is 18.5 Å². The molecule has 0 saturated carbocycles. The van der Waals surface area contributed by atoms with Crippen LogP contribution in [0.4, 0.5) is 0 Å². The van der Waals surface area contributed by atoms with Gasteiger partial charge in [-0.2, -0.15) is 0 Å². The van der Waals surface area contributed by atoms with E-state index in [0.29, 0.717) is 0 Å². The fourth-order valence-electron chi connectivity index (χ4n) is 2.21. The fraction of sp³-hybridized carbons (Fsp3) is 0.294. The smallest absolute Gasteiger partial charge is 0.160 e. The van der Waals surface area contributed by atoms with Gasteiger partial charge in [0, 0.05) is 9.30 Å². The van der Waals surface area contributed by atoms with Crippen LogP contribution in [0.15, 0.2) is 40.9 Å². The van der Waals surface area contributed by atoms with Crippen LogP contribution in [0.25, 0.3) is 0 Å². The third-order valence-electron chi connectivity index (χ3n) is 3.36. The predicted octanol–water partition coefficient (Wildman–Crippen LogP) is 5.45. The van der Waals surface area contributed by atoms with E-state index in [2.05, 4.69) is 63.0 Å². The largest absolute Gasteiger partial charge is 0.493 e. The molecule has 0 heterocycles. The first kappa shape index (κ1) is 16.4. The van der Waals surface area contributed by atoms with Crippen LogP contribution < -0.4 is 9.47 Å². The van der Waals surface area contributed by atoms with E-state index in [4.69, 9.17) is 9.47 Å². The number of halogens is 2. The summed E-state index contributed by atoms with van der Waals surface area (Å²) >= 11 is 7.42. The summed E-state index contributed by atoms with van der Waals surface area (Å²) in [7, 11) is 3.30. The Morgan fingerprint density at radius 1 is 1.00 bits per heavy atom. The molecule has 2 rings (SSSR count). The minimum Gasteiger partial charge on any atom is -0.493 e. The maximum atomic E-state index is 5.35. The Labute approximate surface area is 142 Å². The highest BCUT2D eigenvalue weighted by atomic mass is 79.9. The van der Waals surface area contributed by atoms with Crippen LogP contribution >= 0.6 is 31.9 Å². The van der Waals surface area contributed by atoms with Gasteiger partial charge in [-0.15, -0.1) is 0 Å². The highest BCUT2D eigenvalue weighted by Crippen LogP contribution is 2.35. The van der Waals surface area contributed by atoms with Crippen molar-refractivity contribution in [2.75, 3.05) is 14.2 Å². The maximum absolute atomic E-state index is 5.35. The molecule has 0 aliphatic carbocycles. The van der Waals surface area contributed by atoms with Gasteiger partial charge in [-0.3, -0.25) is 0 Å². The summed E-state index contributed by atoms with van der Waals surface area (Å²) in [6, 6.07) is 12.5. The summed E-state index contributed by atoms with van der Waals surface area (Å²) in [4.78, 5) is 0.241. The summed E-state index contributed by atoms with van der Waals surface area (Å²) in [6.07, 6.45) is 0.877. The third kappa shape index (κ3) is 4.01. The van der Waals surface area contributed by atoms with E-state index >= 15 is 0 Å². The second-order valence-corrected chi connectivity index (χ2v) is 6.85. The van der Waals surface area contributed by atoms with E-state index < -0.39 is 0 Å². The van der Waals surface area contributed by atoms with Crippen LogP contribution in [-0.4, -0.2) is 14.2 Å². The normalized spacial score (nSPS) is 12.0. The Morgan fingerprint density at radius 2 is 1.71 bits per heavy atom. The molecule has 0 saturated heterocycles. The van der Waals surface area contributed by atoms with Gasteiger partial charge in [0.2, 0.25) is 0 Å². The molecule has 0 aliphatic heterocycles. The molecule has 0 radical (unpaired) electrons. The summed E-state index contributed by atoms with van der Waals surface area (Å²) in [5, 5.41) is 0. The van der Waals surface area contributed by atoms with Crippen LogP contribution in [0.2, 0.25) is 0 Å². The Hall–Kier alpha value is -1.00. The monoisotopic (exact) mass is 412 g/mol. The van der Waals surface area contributed by atoms with Crippen molar-refractivity contribution in [2.24, 2.45) is 0 Å². The molecule has 0 amide bonds. The third-order valence-corrected chi connectivity index (χ3v) is 4.86. The number of hydrogen-bond donors (Lipinski definition) is 0. The van der Waals surface area contributed by atoms with Crippen molar-refractivity contribution in [3.63, 3.8) is 0 Å². The summed E-state index contributed by atoms with van der Waals surface area (Å²) in [5.41, 5.74) is 3.69. The van der Waals surface area contributed by atoms with Crippen molar-refractivity contribution in [3.05, 3.63) is 57.6 Å². The Bertz CT molecular complexity index is 626. The van der Waals surface area contributed by atoms with E-state index in [-0.39, 0.29) is 4.83 Å². The zero-order valence-corrected chi connectivity index (χ0v) is 15.5. The van der Waals surface area contributed by atoms with Crippen LogP contribution in [0.3, 0.4) is 0 Å². The number of alkyl halides is 1. The molecule has 0 bridgehead atoms. The highest BCUT2D eigenvalue weighted by Gasteiger charge is 2.13. The first-order chi connectivity index (χ1) is 10.0. The van der Waals surface area contributed by atoms with E-state index in [0.717, 1.165) is 22.4 Å². The van der Waals surface area contributed by atoms with Crippen molar-refractivity contribution in [3.8, 4) is 11.5 Å². The molecule has 2 aromatic rings. The molecule has 21 heavy (non-hydrogen) atoms. The minimum atomic E-state index is 0.241. The first-order valence-corrected chi connectivity index (χ1v) is 8.37. The van der Waals surface area contributed by atoms with Crippen molar-refractivity contribution >= 4 is 31.9 Å². The summed E-state index contributed by atoms with van der Waals surface area (Å²) < 4.78 is 11.8. The Balaban J connectivity index is 2.21. The van der Waals surface area contributed by atoms with Crippen LogP contribution in [0, 0.1) is 6.92 Å². The molecule has 4 heteroatoms. The van der Waals surface area contributed by atoms with Gasteiger partial charge in [0.15, 0.2) is 11.5 Å². The number of hydrogen-bond acceptors (Lipinski definition) is 2. The standard InChI is InChI=1S/C17H18Br2O2/c1-11-4-6-13(14(18)8-11)15(19)9-12-5-7-16(20-2)17(10-12)21-3/h4-8,10,15H,9H2,1-3H3. The molecule has 112 valence electrons. The molecule has 0 fully saturated rings. The minimum absolute atomic E-state index is 0.241. The zero-order valence-electron chi connectivity index (χ0n) is 12.3. The summed E-state index contributed by atoms with van der Waals surface area (Å²) in [5.74, 6) is 1.52. The zero-order chi connectivity index (χ0) is 15.4. The van der Waals surface area contributed by atoms with Gasteiger partial charge < -0.3 is 9.47 Å². The average molecular weight is 414 g/mol. The van der Waals surface area contributed by atoms with Gasteiger partial charge in [0.05, 0.1) is 14.2 Å². The fourth-order valence-corrected chi connectivity index (χ4v) is 4.06. The predicted molar refractivity (Wildman–Crippen MR) is 93.8 cm³/mol. The molecule has 0 N–H and O–H groups in total. The highest BCUT2D eigenvalue weighted by molar-refractivity contribution is 9.11. The molecular formula is C17H18Br2O2. The average Bonchev–Trinajstić information content (AvgIpc) is 2.46. The molecule has 2 nitrogen and oxygen atoms in total. The lowest BCUT2D eigenvalue weighted by Gasteiger charge is -2.14. The lowest BCUT2D eigenvalue weighted by Crippen LogP contribution is -1.98. The molecule has 2 aromatic carbocycles. The Morgan fingerprint density at radius 3 is 2.33 bits per heavy atom. The van der Waals surface area contributed by atoms with Crippen molar-refractivity contribution < 1.29 is 9.47 Å². The van der Waals surface area contributed by atoms with E-state index in [1.54, 1.807) is 14.2 Å². The van der Waals surface area contributed by atoms with Gasteiger partial charge in [-0.1, -0.05) is 50.1 Å². The molecule has 0 aliphatic rings. The van der Waals surface area contributed by atoms with Crippen molar-refractivity contribution in [2.45, 2.75) is 18.2 Å². The second kappa shape index (κ2) is 7.32. The molecule has 1 atom stereocenters. The van der Waals surface area contributed by atoms with Crippen LogP contribution in [-0.2, 0) is 6.42 Å². The van der Waals surface area contributed by atoms with E-state index in [1.165, 1.54) is 16.7 Å². The van der Waals surface area contributed by atoms with Gasteiger partial charge in [0.1, 0.15) is 0 Å². The maximum Gasteiger partial charge on any atom is 0.160 e. The number of rotatable bonds is 5. The SMILES string of the molecule is COc1ccc(CC(Br)c2ccc(C)cc2Br)cc1OC. The van der Waals surface area contributed by atoms with Crippen LogP contribution in [0.5, 0.6) is 11.5 Å². The first-order valence-electron chi connectivity index (χ1n) is 6.66. The van der Waals surface area contributed by atoms with Gasteiger partial charge >= 0.3 is 0 Å². The number of benzene rings is 2. The van der Waals surface area contributed by atoms with Crippen molar-refractivity contribution in [1.29, 1.82) is 0 Å². The van der Waals surface area contributed by atoms with Gasteiger partial charge in [-0.25, -0.2) is 0 Å². The van der Waals surface area contributed by atoms with Gasteiger partial charge in [-0.05, 0) is 48.2 Å². The van der Waals surface area contributed by atoms with Crippen LogP contribution in [0.1, 0.15) is 21.5 Å². The lowest BCUT2D eigenvalue weighted by atomic mass is 10.0. The number of methoxy groups -OCH3 is 2. The molecule has 0 aromatic heterocycles. The van der Waals surface area contributed by atoms with E-state index in [9.17, 15) is 0 Å². The van der Waals surface area contributed by atoms with Gasteiger partial charge in [0.25, 0.3) is 0 Å². The summed E-state index contributed by atoms with van der Waals surface area (Å²) in [6.45, 7) is 2.09. The Kier molecular flexibility index (Phi) is 5.71. The lowest BCUT2D eigenvalue weighted by molar-refractivity contribution is 0.354. The van der Waals surface area contributed by atoms with E-state index in [1.807, 2.05) is 12.1 Å². The second-order valence-electron chi connectivity index (χ2n) is 4.89. The molecular weight excluding hydrogens is 396 g/mol. The quantitative estimate of drug-likeness (QED) is 0.606. The number of aryl methyl sites for hydroxylation is 1. The number of ether oxygens (including phenoxy) is 2. The van der Waals surface area contributed by atoms with Crippen molar-refractivity contribution in [1.82, 2.24) is 0 Å².